The maximum atomic E-state index is 13.8. The molecule has 8 heteroatoms. The number of carbonyl (C=O) groups is 1. The fourth-order valence-electron chi connectivity index (χ4n) is 2.70. The number of aliphatic imine (C=N–C) groups is 1. The lowest BCUT2D eigenvalue weighted by molar-refractivity contribution is -0.130. The van der Waals surface area contributed by atoms with E-state index in [0.717, 1.165) is 25.6 Å². The second kappa shape index (κ2) is 10.8. The maximum absolute atomic E-state index is 13.8. The lowest BCUT2D eigenvalue weighted by Gasteiger charge is -2.36. The van der Waals surface area contributed by atoms with E-state index in [1.165, 1.54) is 6.07 Å². The number of hydrogen-bond donors (Lipinski definition) is 1. The van der Waals surface area contributed by atoms with Crippen molar-refractivity contribution < 1.29 is 9.18 Å². The Labute approximate surface area is 170 Å². The molecule has 1 aromatic carbocycles. The van der Waals surface area contributed by atoms with Crippen LogP contribution in [0.15, 0.2) is 23.2 Å². The molecular weight excluding hydrogens is 458 g/mol. The number of guanidine groups is 1. The molecule has 1 saturated heterocycles. The third kappa shape index (κ3) is 6.29. The number of rotatable bonds is 4. The molecule has 0 aromatic heterocycles. The molecule has 5 nitrogen and oxygen atoms in total. The van der Waals surface area contributed by atoms with Crippen LogP contribution < -0.4 is 5.32 Å². The van der Waals surface area contributed by atoms with Crippen molar-refractivity contribution in [2.45, 2.75) is 20.3 Å². The largest absolute Gasteiger partial charge is 0.357 e. The molecule has 1 fully saturated rings. The SMILES string of the molecule is CCNC(=NCCc1c(F)cccc1Cl)N1CCN(C(C)=O)CC1.I. The molecule has 0 unspecified atom stereocenters. The summed E-state index contributed by atoms with van der Waals surface area (Å²) in [5.74, 6) is 0.608. The highest BCUT2D eigenvalue weighted by molar-refractivity contribution is 14.0. The highest BCUT2D eigenvalue weighted by atomic mass is 127. The Kier molecular flexibility index (Phi) is 9.48. The average Bonchev–Trinajstić information content (AvgIpc) is 2.56. The third-order valence-electron chi connectivity index (χ3n) is 4.04. The van der Waals surface area contributed by atoms with Gasteiger partial charge in [0.25, 0.3) is 0 Å². The minimum atomic E-state index is -0.294. The highest BCUT2D eigenvalue weighted by Crippen LogP contribution is 2.19. The molecule has 1 aliphatic rings. The van der Waals surface area contributed by atoms with Crippen molar-refractivity contribution in [3.63, 3.8) is 0 Å². The number of amides is 1. The normalized spacial score (nSPS) is 15.0. The van der Waals surface area contributed by atoms with Gasteiger partial charge in [-0.1, -0.05) is 17.7 Å². The standard InChI is InChI=1S/C17H24ClFN4O.HI/c1-3-20-17(23-11-9-22(10-12-23)13(2)24)21-8-7-14-15(18)5-4-6-16(14)19;/h4-6H,3,7-12H2,1-2H3,(H,20,21);1H. The molecule has 1 aliphatic heterocycles. The van der Waals surface area contributed by atoms with Crippen LogP contribution in [0.5, 0.6) is 0 Å². The molecule has 1 amide bonds. The quantitative estimate of drug-likeness (QED) is 0.408. The van der Waals surface area contributed by atoms with Crippen LogP contribution in [0.3, 0.4) is 0 Å². The molecule has 0 radical (unpaired) electrons. The van der Waals surface area contributed by atoms with Gasteiger partial charge in [0.1, 0.15) is 5.82 Å². The molecule has 140 valence electrons. The van der Waals surface area contributed by atoms with Crippen LogP contribution in [-0.2, 0) is 11.2 Å². The maximum Gasteiger partial charge on any atom is 0.219 e. The zero-order chi connectivity index (χ0) is 17.5. The predicted octanol–water partition coefficient (Wildman–Crippen LogP) is 2.77. The van der Waals surface area contributed by atoms with Crippen LogP contribution in [0.4, 0.5) is 4.39 Å². The summed E-state index contributed by atoms with van der Waals surface area (Å²) in [5, 5.41) is 3.69. The smallest absolute Gasteiger partial charge is 0.219 e. The van der Waals surface area contributed by atoms with Crippen LogP contribution in [0, 0.1) is 5.82 Å². The molecule has 2 rings (SSSR count). The second-order valence-electron chi connectivity index (χ2n) is 5.68. The van der Waals surface area contributed by atoms with Crippen LogP contribution >= 0.6 is 35.6 Å². The lowest BCUT2D eigenvalue weighted by atomic mass is 10.1. The first kappa shape index (κ1) is 22.0. The Balaban J connectivity index is 0.00000312. The van der Waals surface area contributed by atoms with E-state index in [0.29, 0.717) is 36.6 Å². The van der Waals surface area contributed by atoms with Crippen molar-refractivity contribution in [3.8, 4) is 0 Å². The molecule has 0 bridgehead atoms. The zero-order valence-corrected chi connectivity index (χ0v) is 17.7. The Morgan fingerprint density at radius 3 is 2.48 bits per heavy atom. The van der Waals surface area contributed by atoms with Gasteiger partial charge >= 0.3 is 0 Å². The van der Waals surface area contributed by atoms with Crippen molar-refractivity contribution in [1.29, 1.82) is 0 Å². The monoisotopic (exact) mass is 482 g/mol. The van der Waals surface area contributed by atoms with E-state index in [9.17, 15) is 9.18 Å². The summed E-state index contributed by atoms with van der Waals surface area (Å²) < 4.78 is 13.8. The van der Waals surface area contributed by atoms with Crippen LogP contribution in [0.1, 0.15) is 19.4 Å². The van der Waals surface area contributed by atoms with Crippen LogP contribution in [0.25, 0.3) is 0 Å². The van der Waals surface area contributed by atoms with Crippen molar-refractivity contribution in [2.24, 2.45) is 4.99 Å². The number of nitrogens with one attached hydrogen (secondary N) is 1. The molecule has 25 heavy (non-hydrogen) atoms. The molecule has 0 aliphatic carbocycles. The molecule has 1 N–H and O–H groups in total. The summed E-state index contributed by atoms with van der Waals surface area (Å²) in [4.78, 5) is 20.0. The fourth-order valence-corrected chi connectivity index (χ4v) is 2.96. The van der Waals surface area contributed by atoms with Gasteiger partial charge in [0, 0.05) is 56.8 Å². The van der Waals surface area contributed by atoms with Gasteiger partial charge in [-0.15, -0.1) is 24.0 Å². The predicted molar refractivity (Wildman–Crippen MR) is 110 cm³/mol. The van der Waals surface area contributed by atoms with Crippen LogP contribution in [0.2, 0.25) is 5.02 Å². The lowest BCUT2D eigenvalue weighted by Crippen LogP contribution is -2.53. The van der Waals surface area contributed by atoms with Gasteiger partial charge in [-0.05, 0) is 25.5 Å². The molecular formula is C17H25ClFIN4O. The molecule has 0 spiro atoms. The summed E-state index contributed by atoms with van der Waals surface area (Å²) in [6.45, 7) is 7.68. The second-order valence-corrected chi connectivity index (χ2v) is 6.09. The summed E-state index contributed by atoms with van der Waals surface area (Å²) in [5.41, 5.74) is 0.500. The van der Waals surface area contributed by atoms with Crippen molar-refractivity contribution >= 4 is 47.4 Å². The van der Waals surface area contributed by atoms with E-state index in [1.54, 1.807) is 19.1 Å². The Morgan fingerprint density at radius 2 is 1.92 bits per heavy atom. The number of nitrogens with zero attached hydrogens (tertiary/aromatic N) is 3. The number of halogens is 3. The Hall–Kier alpha value is -1.09. The highest BCUT2D eigenvalue weighted by Gasteiger charge is 2.20. The Bertz CT molecular complexity index is 586. The summed E-state index contributed by atoms with van der Waals surface area (Å²) in [6, 6.07) is 4.70. The minimum absolute atomic E-state index is 0. The van der Waals surface area contributed by atoms with Gasteiger partial charge in [-0.25, -0.2) is 4.39 Å². The van der Waals surface area contributed by atoms with Crippen molar-refractivity contribution in [2.75, 3.05) is 39.3 Å². The van der Waals surface area contributed by atoms with E-state index >= 15 is 0 Å². The van der Waals surface area contributed by atoms with E-state index in [4.69, 9.17) is 11.6 Å². The fraction of sp³-hybridized carbons (Fsp3) is 0.529. The molecule has 0 saturated carbocycles. The number of carbonyl (C=O) groups excluding carboxylic acids is 1. The van der Waals surface area contributed by atoms with Gasteiger partial charge in [0.15, 0.2) is 5.96 Å². The van der Waals surface area contributed by atoms with Gasteiger partial charge in [0.2, 0.25) is 5.91 Å². The van der Waals surface area contributed by atoms with E-state index in [-0.39, 0.29) is 35.7 Å². The van der Waals surface area contributed by atoms with Gasteiger partial charge < -0.3 is 15.1 Å². The average molecular weight is 483 g/mol. The first-order valence-electron chi connectivity index (χ1n) is 8.24. The number of hydrogen-bond acceptors (Lipinski definition) is 2. The topological polar surface area (TPSA) is 47.9 Å². The summed E-state index contributed by atoms with van der Waals surface area (Å²) >= 11 is 6.05. The van der Waals surface area contributed by atoms with E-state index in [2.05, 4.69) is 15.2 Å². The molecule has 1 heterocycles. The first-order chi connectivity index (χ1) is 11.5. The molecule has 0 atom stereocenters. The minimum Gasteiger partial charge on any atom is -0.357 e. The van der Waals surface area contributed by atoms with Crippen molar-refractivity contribution in [1.82, 2.24) is 15.1 Å². The number of benzene rings is 1. The molecule has 1 aromatic rings. The van der Waals surface area contributed by atoms with E-state index < -0.39 is 0 Å². The van der Waals surface area contributed by atoms with Gasteiger partial charge in [-0.2, -0.15) is 0 Å². The zero-order valence-electron chi connectivity index (χ0n) is 14.6. The third-order valence-corrected chi connectivity index (χ3v) is 4.40. The van der Waals surface area contributed by atoms with Gasteiger partial charge in [-0.3, -0.25) is 9.79 Å². The van der Waals surface area contributed by atoms with Crippen molar-refractivity contribution in [3.05, 3.63) is 34.6 Å². The van der Waals surface area contributed by atoms with E-state index in [1.807, 2.05) is 11.8 Å². The summed E-state index contributed by atoms with van der Waals surface area (Å²) in [7, 11) is 0. The number of piperazine rings is 1. The van der Waals surface area contributed by atoms with Crippen LogP contribution in [-0.4, -0.2) is 60.9 Å². The van der Waals surface area contributed by atoms with Gasteiger partial charge in [0.05, 0.1) is 0 Å². The Morgan fingerprint density at radius 1 is 1.28 bits per heavy atom. The first-order valence-corrected chi connectivity index (χ1v) is 8.62. The summed E-state index contributed by atoms with van der Waals surface area (Å²) in [6.07, 6.45) is 0.452.